The molecule has 3 rings (SSSR count). The molecule has 0 saturated carbocycles. The zero-order valence-corrected chi connectivity index (χ0v) is 14.2. The first-order chi connectivity index (χ1) is 11.1. The maximum atomic E-state index is 10.9. The minimum absolute atomic E-state index is 0.000166. The highest BCUT2D eigenvalue weighted by Crippen LogP contribution is 2.33. The highest BCUT2D eigenvalue weighted by Gasteiger charge is 2.09. The van der Waals surface area contributed by atoms with Gasteiger partial charge < -0.3 is 10.4 Å². The van der Waals surface area contributed by atoms with Crippen molar-refractivity contribution in [2.45, 2.75) is 13.3 Å². The van der Waals surface area contributed by atoms with Crippen molar-refractivity contribution in [2.24, 2.45) is 0 Å². The average molecular weight is 344 g/mol. The number of carbonyl (C=O) groups excluding carboxylic acids is 1. The van der Waals surface area contributed by atoms with Gasteiger partial charge in [-0.2, -0.15) is 0 Å². The molecule has 2 aromatic heterocycles. The quantitative estimate of drug-likeness (QED) is 0.737. The second kappa shape index (κ2) is 6.93. The summed E-state index contributed by atoms with van der Waals surface area (Å²) in [5.74, 6) is 0.257. The van der Waals surface area contributed by atoms with Crippen LogP contribution in [0.15, 0.2) is 41.8 Å². The maximum Gasteiger partial charge on any atom is 0.216 e. The van der Waals surface area contributed by atoms with E-state index in [2.05, 4.69) is 22.4 Å². The number of benzene rings is 1. The molecule has 1 aromatic carbocycles. The van der Waals surface area contributed by atoms with E-state index in [1.54, 1.807) is 34.8 Å². The highest BCUT2D eigenvalue weighted by molar-refractivity contribution is 7.16. The van der Waals surface area contributed by atoms with Crippen LogP contribution in [0.1, 0.15) is 11.8 Å². The van der Waals surface area contributed by atoms with Gasteiger partial charge in [0, 0.05) is 29.3 Å². The van der Waals surface area contributed by atoms with Crippen molar-refractivity contribution in [3.8, 4) is 26.9 Å². The highest BCUT2D eigenvalue weighted by atomic mass is 32.1. The van der Waals surface area contributed by atoms with Crippen LogP contribution in [0.25, 0.3) is 21.1 Å². The second-order valence-electron chi connectivity index (χ2n) is 5.08. The Kier molecular flexibility index (Phi) is 4.73. The summed E-state index contributed by atoms with van der Waals surface area (Å²) in [5, 5.41) is 15.1. The largest absolute Gasteiger partial charge is 0.508 e. The van der Waals surface area contributed by atoms with Crippen LogP contribution in [0.2, 0.25) is 0 Å². The molecular formula is C17H16N2O2S2. The number of amides is 1. The Morgan fingerprint density at radius 2 is 2.00 bits per heavy atom. The molecule has 1 amide bonds. The molecule has 2 N–H and O–H groups in total. The van der Waals surface area contributed by atoms with Gasteiger partial charge in [0.25, 0.3) is 0 Å². The molecule has 3 aromatic rings. The molecule has 2 heterocycles. The van der Waals surface area contributed by atoms with E-state index in [4.69, 9.17) is 0 Å². The molecule has 4 nitrogen and oxygen atoms in total. The van der Waals surface area contributed by atoms with Crippen molar-refractivity contribution in [3.63, 3.8) is 0 Å². The number of thiophene rings is 1. The predicted octanol–water partition coefficient (Wildman–Crippen LogP) is 3.92. The zero-order valence-electron chi connectivity index (χ0n) is 12.6. The van der Waals surface area contributed by atoms with Crippen LogP contribution < -0.4 is 5.32 Å². The molecule has 0 atom stereocenters. The summed E-state index contributed by atoms with van der Waals surface area (Å²) in [5.41, 5.74) is 1.97. The standard InChI is InChI=1S/C17H16N2O2S2/c1-11(20)18-9-8-14-6-7-16(23-14)15-10-22-17(19-15)12-2-4-13(21)5-3-12/h2-7,10,21H,8-9H2,1H3,(H,18,20). The van der Waals surface area contributed by atoms with E-state index in [0.717, 1.165) is 27.6 Å². The molecular weight excluding hydrogens is 328 g/mol. The minimum atomic E-state index is -0.000166. The summed E-state index contributed by atoms with van der Waals surface area (Å²) in [4.78, 5) is 17.9. The van der Waals surface area contributed by atoms with Gasteiger partial charge in [-0.3, -0.25) is 4.79 Å². The summed E-state index contributed by atoms with van der Waals surface area (Å²) < 4.78 is 0. The normalized spacial score (nSPS) is 10.7. The van der Waals surface area contributed by atoms with Crippen LogP contribution >= 0.6 is 22.7 Å². The number of hydrogen-bond donors (Lipinski definition) is 2. The lowest BCUT2D eigenvalue weighted by atomic mass is 10.2. The summed E-state index contributed by atoms with van der Waals surface area (Å²) in [6.07, 6.45) is 0.833. The van der Waals surface area contributed by atoms with Crippen molar-refractivity contribution >= 4 is 28.6 Å². The third-order valence-corrected chi connectivity index (χ3v) is 5.34. The predicted molar refractivity (Wildman–Crippen MR) is 94.9 cm³/mol. The lowest BCUT2D eigenvalue weighted by Gasteiger charge is -1.98. The van der Waals surface area contributed by atoms with E-state index < -0.39 is 0 Å². The third-order valence-electron chi connectivity index (χ3n) is 3.28. The van der Waals surface area contributed by atoms with Crippen LogP contribution in [-0.4, -0.2) is 22.5 Å². The number of nitrogens with one attached hydrogen (secondary N) is 1. The van der Waals surface area contributed by atoms with E-state index in [0.29, 0.717) is 6.54 Å². The molecule has 0 aliphatic carbocycles. The molecule has 0 bridgehead atoms. The Bertz CT molecular complexity index is 806. The van der Waals surface area contributed by atoms with Crippen molar-refractivity contribution in [1.29, 1.82) is 0 Å². The monoisotopic (exact) mass is 344 g/mol. The van der Waals surface area contributed by atoms with Gasteiger partial charge in [-0.15, -0.1) is 22.7 Å². The Balaban J connectivity index is 1.72. The lowest BCUT2D eigenvalue weighted by molar-refractivity contribution is -0.118. The van der Waals surface area contributed by atoms with Gasteiger partial charge in [0.2, 0.25) is 5.91 Å². The first-order valence-electron chi connectivity index (χ1n) is 7.20. The smallest absolute Gasteiger partial charge is 0.216 e. The van der Waals surface area contributed by atoms with Crippen molar-refractivity contribution < 1.29 is 9.90 Å². The number of aromatic hydroxyl groups is 1. The first kappa shape index (κ1) is 15.7. The molecule has 0 unspecified atom stereocenters. The topological polar surface area (TPSA) is 62.2 Å². The van der Waals surface area contributed by atoms with Crippen molar-refractivity contribution in [1.82, 2.24) is 10.3 Å². The number of hydrogen-bond acceptors (Lipinski definition) is 5. The molecule has 0 aliphatic rings. The summed E-state index contributed by atoms with van der Waals surface area (Å²) in [6, 6.07) is 11.2. The summed E-state index contributed by atoms with van der Waals surface area (Å²) in [7, 11) is 0. The van der Waals surface area contributed by atoms with Crippen LogP contribution in [0.3, 0.4) is 0 Å². The minimum Gasteiger partial charge on any atom is -0.508 e. The van der Waals surface area contributed by atoms with Crippen molar-refractivity contribution in [3.05, 3.63) is 46.7 Å². The van der Waals surface area contributed by atoms with Gasteiger partial charge in [-0.05, 0) is 42.8 Å². The molecule has 0 aliphatic heterocycles. The third kappa shape index (κ3) is 3.97. The fourth-order valence-corrected chi connectivity index (χ4v) is 4.00. The van der Waals surface area contributed by atoms with Gasteiger partial charge in [-0.25, -0.2) is 4.98 Å². The first-order valence-corrected chi connectivity index (χ1v) is 8.90. The Morgan fingerprint density at radius 3 is 2.74 bits per heavy atom. The van der Waals surface area contributed by atoms with E-state index >= 15 is 0 Å². The number of nitrogens with zero attached hydrogens (tertiary/aromatic N) is 1. The number of aromatic nitrogens is 1. The number of phenolic OH excluding ortho intramolecular Hbond substituents is 1. The fourth-order valence-electron chi connectivity index (χ4n) is 2.14. The van der Waals surface area contributed by atoms with Crippen LogP contribution in [-0.2, 0) is 11.2 Å². The van der Waals surface area contributed by atoms with Crippen LogP contribution in [0.5, 0.6) is 5.75 Å². The Labute approximate surface area is 142 Å². The molecule has 0 radical (unpaired) electrons. The van der Waals surface area contributed by atoms with Crippen molar-refractivity contribution in [2.75, 3.05) is 6.54 Å². The number of phenols is 1. The van der Waals surface area contributed by atoms with Crippen LogP contribution in [0.4, 0.5) is 0 Å². The van der Waals surface area contributed by atoms with Gasteiger partial charge >= 0.3 is 0 Å². The van der Waals surface area contributed by atoms with Gasteiger partial charge in [-0.1, -0.05) is 0 Å². The second-order valence-corrected chi connectivity index (χ2v) is 7.11. The molecule has 0 spiro atoms. The van der Waals surface area contributed by atoms with Crippen LogP contribution in [0, 0.1) is 0 Å². The molecule has 0 fully saturated rings. The van der Waals surface area contributed by atoms with Gasteiger partial charge in [0.15, 0.2) is 0 Å². The van der Waals surface area contributed by atoms with E-state index in [1.165, 1.54) is 11.8 Å². The summed E-state index contributed by atoms with van der Waals surface area (Å²) >= 11 is 3.29. The van der Waals surface area contributed by atoms with Gasteiger partial charge in [0.1, 0.15) is 10.8 Å². The van der Waals surface area contributed by atoms with Gasteiger partial charge in [0.05, 0.1) is 10.6 Å². The Morgan fingerprint density at radius 1 is 1.22 bits per heavy atom. The van der Waals surface area contributed by atoms with E-state index in [9.17, 15) is 9.90 Å². The number of thiazole rings is 1. The van der Waals surface area contributed by atoms with E-state index in [-0.39, 0.29) is 11.7 Å². The SMILES string of the molecule is CC(=O)NCCc1ccc(-c2csc(-c3ccc(O)cc3)n2)s1. The average Bonchev–Trinajstić information content (AvgIpc) is 3.16. The fraction of sp³-hybridized carbons (Fsp3) is 0.176. The number of rotatable bonds is 5. The molecule has 0 saturated heterocycles. The molecule has 6 heteroatoms. The molecule has 23 heavy (non-hydrogen) atoms. The summed E-state index contributed by atoms with van der Waals surface area (Å²) in [6.45, 7) is 2.19. The zero-order chi connectivity index (χ0) is 16.2. The Hall–Kier alpha value is -2.18. The lowest BCUT2D eigenvalue weighted by Crippen LogP contribution is -2.21. The number of carbonyl (C=O) groups is 1. The van der Waals surface area contributed by atoms with E-state index in [1.807, 2.05) is 17.5 Å². The molecule has 118 valence electrons. The maximum absolute atomic E-state index is 10.9.